The number of hydrogen-bond acceptors (Lipinski definition) is 2. The van der Waals surface area contributed by atoms with Crippen LogP contribution in [-0.4, -0.2) is 17.3 Å². The van der Waals surface area contributed by atoms with Crippen LogP contribution in [0.3, 0.4) is 0 Å². The number of rotatable bonds is 5. The predicted octanol–water partition coefficient (Wildman–Crippen LogP) is 3.44. The van der Waals surface area contributed by atoms with Crippen molar-refractivity contribution in [3.63, 3.8) is 0 Å². The molecular weight excluding hydrogens is 246 g/mol. The van der Waals surface area contributed by atoms with E-state index in [0.717, 1.165) is 0 Å². The van der Waals surface area contributed by atoms with E-state index < -0.39 is 0 Å². The zero-order valence-electron chi connectivity index (χ0n) is 12.4. The van der Waals surface area contributed by atoms with Crippen LogP contribution in [0, 0.1) is 6.92 Å². The van der Waals surface area contributed by atoms with Crippen molar-refractivity contribution in [2.45, 2.75) is 32.4 Å². The summed E-state index contributed by atoms with van der Waals surface area (Å²) in [5.41, 5.74) is 3.34. The molecule has 0 radical (unpaired) electrons. The van der Waals surface area contributed by atoms with E-state index >= 15 is 0 Å². The van der Waals surface area contributed by atoms with Crippen LogP contribution in [0.25, 0.3) is 0 Å². The van der Waals surface area contributed by atoms with E-state index in [1.165, 1.54) is 16.7 Å². The van der Waals surface area contributed by atoms with Crippen molar-refractivity contribution in [2.75, 3.05) is 6.61 Å². The Balaban J connectivity index is 2.39. The van der Waals surface area contributed by atoms with E-state index in [1.807, 2.05) is 32.0 Å². The zero-order chi connectivity index (χ0) is 14.6. The zero-order valence-corrected chi connectivity index (χ0v) is 12.4. The molecule has 2 aromatic carbocycles. The topological polar surface area (TPSA) is 32.3 Å². The molecule has 2 rings (SSSR count). The summed E-state index contributed by atoms with van der Waals surface area (Å²) in [7, 11) is 0. The van der Waals surface area contributed by atoms with Gasteiger partial charge < -0.3 is 5.11 Å². The molecular formula is C18H23NO. The van der Waals surface area contributed by atoms with Gasteiger partial charge in [0.2, 0.25) is 0 Å². The van der Waals surface area contributed by atoms with Crippen LogP contribution in [0.4, 0.5) is 0 Å². The molecule has 20 heavy (non-hydrogen) atoms. The molecule has 0 amide bonds. The maximum atomic E-state index is 9.53. The van der Waals surface area contributed by atoms with E-state index in [-0.39, 0.29) is 18.2 Å². The van der Waals surface area contributed by atoms with Crippen LogP contribution >= 0.6 is 0 Å². The first-order valence-electron chi connectivity index (χ1n) is 7.02. The van der Waals surface area contributed by atoms with Gasteiger partial charge in [-0.1, -0.05) is 60.2 Å². The first-order valence-corrected chi connectivity index (χ1v) is 7.02. The Kier molecular flexibility index (Phi) is 4.58. The van der Waals surface area contributed by atoms with Crippen LogP contribution in [0.1, 0.15) is 36.6 Å². The smallest absolute Gasteiger partial charge is 0.0608 e. The molecule has 0 saturated heterocycles. The third-order valence-electron chi connectivity index (χ3n) is 3.44. The summed E-state index contributed by atoms with van der Waals surface area (Å²) >= 11 is 0. The Bertz CT molecular complexity index is 548. The van der Waals surface area contributed by atoms with Crippen LogP contribution in [-0.2, 0) is 0 Å². The summed E-state index contributed by atoms with van der Waals surface area (Å²) in [5.74, 6) is 0. The molecule has 0 aliphatic heterocycles. The summed E-state index contributed by atoms with van der Waals surface area (Å²) in [6, 6.07) is 18.9. The number of nitrogens with one attached hydrogen (secondary N) is 1. The van der Waals surface area contributed by atoms with Crippen LogP contribution in [0.2, 0.25) is 0 Å². The van der Waals surface area contributed by atoms with Gasteiger partial charge >= 0.3 is 0 Å². The second kappa shape index (κ2) is 6.21. The fourth-order valence-corrected chi connectivity index (χ4v) is 2.29. The Morgan fingerprint density at radius 3 is 2.25 bits per heavy atom. The lowest BCUT2D eigenvalue weighted by molar-refractivity contribution is 0.180. The largest absolute Gasteiger partial charge is 0.394 e. The Morgan fingerprint density at radius 2 is 1.65 bits per heavy atom. The highest BCUT2D eigenvalue weighted by Gasteiger charge is 2.23. The second-order valence-electron chi connectivity index (χ2n) is 5.94. The molecule has 2 N–H and O–H groups in total. The van der Waals surface area contributed by atoms with Gasteiger partial charge in [0.05, 0.1) is 12.6 Å². The Labute approximate surface area is 121 Å². The average molecular weight is 269 g/mol. The normalized spacial score (nSPS) is 13.2. The highest BCUT2D eigenvalue weighted by atomic mass is 16.3. The molecule has 2 heteroatoms. The van der Waals surface area contributed by atoms with Gasteiger partial charge in [-0.2, -0.15) is 0 Å². The Hall–Kier alpha value is -1.64. The molecule has 106 valence electrons. The predicted molar refractivity (Wildman–Crippen MR) is 83.8 cm³/mol. The van der Waals surface area contributed by atoms with E-state index in [0.29, 0.717) is 0 Å². The van der Waals surface area contributed by atoms with Crippen LogP contribution in [0.15, 0.2) is 54.6 Å². The lowest BCUT2D eigenvalue weighted by atomic mass is 9.94. The number of aryl methyl sites for hydroxylation is 1. The maximum absolute atomic E-state index is 9.53. The van der Waals surface area contributed by atoms with Gasteiger partial charge in [0.15, 0.2) is 0 Å². The Morgan fingerprint density at radius 1 is 1.00 bits per heavy atom. The van der Waals surface area contributed by atoms with E-state index in [9.17, 15) is 5.11 Å². The van der Waals surface area contributed by atoms with Crippen molar-refractivity contribution < 1.29 is 5.11 Å². The minimum absolute atomic E-state index is 0.0817. The molecule has 0 saturated carbocycles. The van der Waals surface area contributed by atoms with Gasteiger partial charge in [0, 0.05) is 5.54 Å². The first-order chi connectivity index (χ1) is 9.52. The SMILES string of the molecule is Cc1cccc(C(NC(C)(C)CO)c2ccccc2)c1. The second-order valence-corrected chi connectivity index (χ2v) is 5.94. The average Bonchev–Trinajstić information content (AvgIpc) is 2.46. The van der Waals surface area contributed by atoms with Gasteiger partial charge in [0.1, 0.15) is 0 Å². The third-order valence-corrected chi connectivity index (χ3v) is 3.44. The summed E-state index contributed by atoms with van der Waals surface area (Å²) in [4.78, 5) is 0. The third kappa shape index (κ3) is 3.69. The fraction of sp³-hybridized carbons (Fsp3) is 0.333. The van der Waals surface area contributed by atoms with Gasteiger partial charge in [-0.05, 0) is 31.9 Å². The van der Waals surface area contributed by atoms with Crippen molar-refractivity contribution >= 4 is 0 Å². The summed E-state index contributed by atoms with van der Waals surface area (Å²) < 4.78 is 0. The highest BCUT2D eigenvalue weighted by molar-refractivity contribution is 5.34. The minimum Gasteiger partial charge on any atom is -0.394 e. The van der Waals surface area contributed by atoms with E-state index in [2.05, 4.69) is 48.6 Å². The summed E-state index contributed by atoms with van der Waals surface area (Å²) in [6.45, 7) is 6.22. The van der Waals surface area contributed by atoms with E-state index in [4.69, 9.17) is 0 Å². The number of aliphatic hydroxyl groups is 1. The molecule has 0 spiro atoms. The molecule has 0 aliphatic carbocycles. The quantitative estimate of drug-likeness (QED) is 0.871. The van der Waals surface area contributed by atoms with Crippen molar-refractivity contribution in [1.82, 2.24) is 5.32 Å². The van der Waals surface area contributed by atoms with Crippen molar-refractivity contribution in [1.29, 1.82) is 0 Å². The first kappa shape index (κ1) is 14.8. The van der Waals surface area contributed by atoms with Crippen molar-refractivity contribution in [3.05, 3.63) is 71.3 Å². The van der Waals surface area contributed by atoms with Gasteiger partial charge in [-0.15, -0.1) is 0 Å². The standard InChI is InChI=1S/C18H23NO/c1-14-8-7-11-16(12-14)17(19-18(2,3)13-20)15-9-5-4-6-10-15/h4-12,17,19-20H,13H2,1-3H3. The monoisotopic (exact) mass is 269 g/mol. The molecule has 0 aromatic heterocycles. The minimum atomic E-state index is -0.329. The number of benzene rings is 2. The van der Waals surface area contributed by atoms with E-state index in [1.54, 1.807) is 0 Å². The number of hydrogen-bond donors (Lipinski definition) is 2. The molecule has 1 atom stereocenters. The molecule has 0 aliphatic rings. The highest BCUT2D eigenvalue weighted by Crippen LogP contribution is 2.25. The van der Waals surface area contributed by atoms with Gasteiger partial charge in [-0.25, -0.2) is 0 Å². The summed E-state index contributed by atoms with van der Waals surface area (Å²) in [6.07, 6.45) is 0. The maximum Gasteiger partial charge on any atom is 0.0608 e. The fourth-order valence-electron chi connectivity index (χ4n) is 2.29. The lowest BCUT2D eigenvalue weighted by Gasteiger charge is -2.31. The van der Waals surface area contributed by atoms with Crippen molar-refractivity contribution in [2.24, 2.45) is 0 Å². The molecule has 2 nitrogen and oxygen atoms in total. The van der Waals surface area contributed by atoms with Crippen LogP contribution in [0.5, 0.6) is 0 Å². The molecule has 0 heterocycles. The molecule has 0 bridgehead atoms. The van der Waals surface area contributed by atoms with Crippen molar-refractivity contribution in [3.8, 4) is 0 Å². The van der Waals surface area contributed by atoms with Gasteiger partial charge in [-0.3, -0.25) is 5.32 Å². The number of aliphatic hydroxyl groups excluding tert-OH is 1. The van der Waals surface area contributed by atoms with Gasteiger partial charge in [0.25, 0.3) is 0 Å². The lowest BCUT2D eigenvalue weighted by Crippen LogP contribution is -2.45. The molecule has 0 fully saturated rings. The molecule has 1 unspecified atom stereocenters. The molecule has 2 aromatic rings. The van der Waals surface area contributed by atoms with Crippen LogP contribution < -0.4 is 5.32 Å². The summed E-state index contributed by atoms with van der Waals surface area (Å²) in [5, 5.41) is 13.1.